The second-order valence-corrected chi connectivity index (χ2v) is 6.65. The molecule has 1 aliphatic carbocycles. The topological polar surface area (TPSA) is 53.6 Å². The van der Waals surface area contributed by atoms with E-state index in [0.717, 1.165) is 34.3 Å². The summed E-state index contributed by atoms with van der Waals surface area (Å²) >= 11 is 0. The van der Waals surface area contributed by atoms with Crippen molar-refractivity contribution in [2.45, 2.75) is 20.3 Å². The quantitative estimate of drug-likeness (QED) is 0.611. The maximum atomic E-state index is 10.0. The minimum Gasteiger partial charge on any atom is -0.463 e. The van der Waals surface area contributed by atoms with Crippen molar-refractivity contribution in [1.29, 1.82) is 0 Å². The lowest BCUT2D eigenvalue weighted by Gasteiger charge is -2.09. The van der Waals surface area contributed by atoms with Crippen molar-refractivity contribution in [3.05, 3.63) is 90.1 Å². The lowest BCUT2D eigenvalue weighted by atomic mass is 9.79. The molecule has 1 aromatic heterocycles. The van der Waals surface area contributed by atoms with Crippen LogP contribution in [0.15, 0.2) is 83.4 Å². The molecular formula is C23H23BO3. The molecule has 136 valence electrons. The van der Waals surface area contributed by atoms with Gasteiger partial charge >= 0.3 is 7.12 Å². The fourth-order valence-electron chi connectivity index (χ4n) is 3.27. The summed E-state index contributed by atoms with van der Waals surface area (Å²) in [5.41, 5.74) is 5.31. The minimum absolute atomic E-state index is 0.143. The zero-order valence-corrected chi connectivity index (χ0v) is 15.6. The van der Waals surface area contributed by atoms with Crippen LogP contribution in [0, 0.1) is 0 Å². The number of rotatable bonds is 5. The molecule has 0 radical (unpaired) electrons. The summed E-state index contributed by atoms with van der Waals surface area (Å²) in [5.74, 6) is 0.617. The molecule has 3 rings (SSSR count). The van der Waals surface area contributed by atoms with Crippen LogP contribution in [-0.4, -0.2) is 17.2 Å². The van der Waals surface area contributed by atoms with Gasteiger partial charge in [0.25, 0.3) is 0 Å². The first kappa shape index (κ1) is 19.0. The number of hydrogen-bond acceptors (Lipinski definition) is 3. The molecule has 0 bridgehead atoms. The predicted molar refractivity (Wildman–Crippen MR) is 113 cm³/mol. The Balaban J connectivity index is 2.36. The van der Waals surface area contributed by atoms with E-state index in [0.29, 0.717) is 11.3 Å². The normalized spacial score (nSPS) is 14.1. The monoisotopic (exact) mass is 358 g/mol. The largest absolute Gasteiger partial charge is 0.527 e. The lowest BCUT2D eigenvalue weighted by molar-refractivity contribution is 0.410. The number of hydrogen-bond donors (Lipinski definition) is 2. The Morgan fingerprint density at radius 1 is 1.15 bits per heavy atom. The zero-order chi connectivity index (χ0) is 19.4. The summed E-state index contributed by atoms with van der Waals surface area (Å²) < 4.78 is 6.02. The highest BCUT2D eigenvalue weighted by Gasteiger charge is 2.30. The highest BCUT2D eigenvalue weighted by atomic mass is 16.4. The van der Waals surface area contributed by atoms with E-state index < -0.39 is 7.12 Å². The molecule has 27 heavy (non-hydrogen) atoms. The van der Waals surface area contributed by atoms with Crippen LogP contribution in [0.3, 0.4) is 0 Å². The van der Waals surface area contributed by atoms with E-state index in [1.807, 2.05) is 80.6 Å². The molecule has 0 spiro atoms. The molecule has 2 N–H and O–H groups in total. The van der Waals surface area contributed by atoms with Crippen molar-refractivity contribution in [3.63, 3.8) is 0 Å². The van der Waals surface area contributed by atoms with Gasteiger partial charge in [-0.2, -0.15) is 0 Å². The van der Waals surface area contributed by atoms with Crippen molar-refractivity contribution in [2.24, 2.45) is 0 Å². The Bertz CT molecular complexity index is 957. The van der Waals surface area contributed by atoms with Gasteiger partial charge < -0.3 is 14.5 Å². The van der Waals surface area contributed by atoms with E-state index >= 15 is 0 Å². The molecule has 1 heterocycles. The van der Waals surface area contributed by atoms with Crippen molar-refractivity contribution < 1.29 is 14.5 Å². The van der Waals surface area contributed by atoms with E-state index in [1.165, 1.54) is 0 Å². The van der Waals surface area contributed by atoms with Gasteiger partial charge in [-0.1, -0.05) is 78.9 Å². The van der Waals surface area contributed by atoms with Gasteiger partial charge in [0.1, 0.15) is 11.4 Å². The summed E-state index contributed by atoms with van der Waals surface area (Å²) in [6, 6.07) is 9.70. The first-order chi connectivity index (χ1) is 13.0. The number of furan rings is 1. The van der Waals surface area contributed by atoms with Crippen molar-refractivity contribution in [2.75, 3.05) is 0 Å². The van der Waals surface area contributed by atoms with Crippen LogP contribution in [-0.2, 0) is 0 Å². The van der Waals surface area contributed by atoms with Gasteiger partial charge in [-0.3, -0.25) is 0 Å². The lowest BCUT2D eigenvalue weighted by Crippen LogP contribution is -2.31. The number of benzene rings is 1. The Hall–Kier alpha value is -2.82. The molecule has 0 saturated carbocycles. The SMILES string of the molecule is C=C(C)/C=C(\C)c1c(-c2ccccc2)oc(B(O)O)c1C1=CC=CCC=C1. The van der Waals surface area contributed by atoms with Crippen LogP contribution >= 0.6 is 0 Å². The third-order valence-electron chi connectivity index (χ3n) is 4.33. The first-order valence-corrected chi connectivity index (χ1v) is 8.95. The second-order valence-electron chi connectivity index (χ2n) is 6.65. The molecule has 1 aliphatic rings. The molecule has 0 atom stereocenters. The van der Waals surface area contributed by atoms with Crippen LogP contribution in [0.1, 0.15) is 31.4 Å². The number of allylic oxidation sites excluding steroid dienone is 9. The van der Waals surface area contributed by atoms with E-state index in [2.05, 4.69) is 6.58 Å². The van der Waals surface area contributed by atoms with Crippen LogP contribution in [0.4, 0.5) is 0 Å². The molecule has 4 heteroatoms. The average Bonchev–Trinajstić information content (AvgIpc) is 2.84. The maximum Gasteiger partial charge on any atom is 0.527 e. The fourth-order valence-corrected chi connectivity index (χ4v) is 3.27. The Kier molecular flexibility index (Phi) is 5.80. The van der Waals surface area contributed by atoms with Crippen molar-refractivity contribution >= 4 is 23.9 Å². The van der Waals surface area contributed by atoms with E-state index in [9.17, 15) is 10.0 Å². The minimum atomic E-state index is -1.71. The molecule has 0 unspecified atom stereocenters. The summed E-state index contributed by atoms with van der Waals surface area (Å²) in [6.45, 7) is 7.89. The van der Waals surface area contributed by atoms with Gasteiger partial charge in [0, 0.05) is 16.7 Å². The molecule has 0 fully saturated rings. The molecule has 2 aromatic rings. The first-order valence-electron chi connectivity index (χ1n) is 8.95. The average molecular weight is 358 g/mol. The van der Waals surface area contributed by atoms with Crippen molar-refractivity contribution in [1.82, 2.24) is 0 Å². The van der Waals surface area contributed by atoms with Gasteiger partial charge in [-0.25, -0.2) is 0 Å². The second kappa shape index (κ2) is 8.25. The van der Waals surface area contributed by atoms with Crippen LogP contribution in [0.25, 0.3) is 22.5 Å². The van der Waals surface area contributed by atoms with Gasteiger partial charge in [0.15, 0.2) is 0 Å². The van der Waals surface area contributed by atoms with Crippen LogP contribution in [0.5, 0.6) is 0 Å². The standard InChI is InChI=1S/C23H23BO3/c1-16(2)15-17(3)20-21(18-11-7-4-5-8-12-18)23(24(25)26)27-22(20)19-13-9-6-10-14-19/h4,6-15,25-26H,1,5H2,2-3H3/b17-15+. The van der Waals surface area contributed by atoms with E-state index in [1.54, 1.807) is 0 Å². The summed E-state index contributed by atoms with van der Waals surface area (Å²) in [7, 11) is -1.71. The highest BCUT2D eigenvalue weighted by molar-refractivity contribution is 6.58. The zero-order valence-electron chi connectivity index (χ0n) is 15.6. The van der Waals surface area contributed by atoms with Crippen LogP contribution in [0.2, 0.25) is 0 Å². The van der Waals surface area contributed by atoms with Gasteiger partial charge in [-0.15, -0.1) is 0 Å². The van der Waals surface area contributed by atoms with E-state index in [-0.39, 0.29) is 5.66 Å². The fraction of sp³-hybridized carbons (Fsp3) is 0.130. The van der Waals surface area contributed by atoms with E-state index in [4.69, 9.17) is 4.42 Å². The summed E-state index contributed by atoms with van der Waals surface area (Å²) in [6.07, 6.45) is 12.8. The van der Waals surface area contributed by atoms with Crippen LogP contribution < -0.4 is 5.66 Å². The maximum absolute atomic E-state index is 10.0. The molecule has 0 aliphatic heterocycles. The Morgan fingerprint density at radius 2 is 1.89 bits per heavy atom. The van der Waals surface area contributed by atoms with Crippen molar-refractivity contribution in [3.8, 4) is 11.3 Å². The Labute approximate surface area is 160 Å². The molecular weight excluding hydrogens is 335 g/mol. The smallest absolute Gasteiger partial charge is 0.463 e. The third-order valence-corrected chi connectivity index (χ3v) is 4.33. The third kappa shape index (κ3) is 4.13. The Morgan fingerprint density at radius 3 is 2.56 bits per heavy atom. The molecule has 0 amide bonds. The molecule has 0 saturated heterocycles. The van der Waals surface area contributed by atoms with Gasteiger partial charge in [0.05, 0.1) is 0 Å². The molecule has 3 nitrogen and oxygen atoms in total. The predicted octanol–water partition coefficient (Wildman–Crippen LogP) is 4.51. The summed E-state index contributed by atoms with van der Waals surface area (Å²) in [4.78, 5) is 0. The van der Waals surface area contributed by atoms with Gasteiger partial charge in [-0.05, 0) is 31.4 Å². The van der Waals surface area contributed by atoms with Gasteiger partial charge in [0.2, 0.25) is 0 Å². The highest BCUT2D eigenvalue weighted by Crippen LogP contribution is 2.37. The summed E-state index contributed by atoms with van der Waals surface area (Å²) in [5, 5.41) is 20.0. The molecule has 1 aromatic carbocycles.